The van der Waals surface area contributed by atoms with Crippen molar-refractivity contribution in [2.75, 3.05) is 27.3 Å². The molecule has 0 saturated carbocycles. The molecule has 2 N–H and O–H groups in total. The van der Waals surface area contributed by atoms with Crippen molar-refractivity contribution in [2.24, 2.45) is 0 Å². The number of carbonyl (C=O) groups is 1. The summed E-state index contributed by atoms with van der Waals surface area (Å²) in [5.41, 5.74) is 7.97. The molecule has 10 heteroatoms. The van der Waals surface area contributed by atoms with Crippen LogP contribution in [0.25, 0.3) is 11.0 Å². The maximum Gasteiger partial charge on any atom is 0.271 e. The number of nitrogens with zero attached hydrogens (tertiary/aromatic N) is 3. The van der Waals surface area contributed by atoms with Gasteiger partial charge in [-0.2, -0.15) is 0 Å². The number of nitrogens with one attached hydrogen (secondary N) is 1. The van der Waals surface area contributed by atoms with Gasteiger partial charge in [-0.15, -0.1) is 0 Å². The molecule has 0 bridgehead atoms. The van der Waals surface area contributed by atoms with E-state index >= 15 is 0 Å². The van der Waals surface area contributed by atoms with E-state index in [2.05, 4.69) is 32.3 Å². The maximum absolute atomic E-state index is 12.8. The van der Waals surface area contributed by atoms with Crippen molar-refractivity contribution in [2.45, 2.75) is 51.0 Å². The van der Waals surface area contributed by atoms with Crippen LogP contribution in [0.5, 0.6) is 11.5 Å². The quantitative estimate of drug-likeness (QED) is 0.196. The molecule has 4 aromatic carbocycles. The Bertz CT molecular complexity index is 1920. The largest absolute Gasteiger partial charge is 0.493 e. The molecule has 10 nitrogen and oxygen atoms in total. The van der Waals surface area contributed by atoms with Gasteiger partial charge in [0.2, 0.25) is 0 Å². The summed E-state index contributed by atoms with van der Waals surface area (Å²) in [6.45, 7) is 2.79. The molecule has 49 heavy (non-hydrogen) atoms. The van der Waals surface area contributed by atoms with Gasteiger partial charge in [-0.25, -0.2) is 4.98 Å². The number of carbonyl (C=O) groups excluding carboxylic acids is 1. The summed E-state index contributed by atoms with van der Waals surface area (Å²) in [6.07, 6.45) is 2.29. The van der Waals surface area contributed by atoms with Crippen LogP contribution in [0.15, 0.2) is 91.1 Å². The second-order valence-corrected chi connectivity index (χ2v) is 12.5. The predicted molar refractivity (Wildman–Crippen MR) is 184 cm³/mol. The highest BCUT2D eigenvalue weighted by Crippen LogP contribution is 2.39. The van der Waals surface area contributed by atoms with Gasteiger partial charge in [0, 0.05) is 38.2 Å². The van der Waals surface area contributed by atoms with Crippen molar-refractivity contribution in [1.29, 1.82) is 0 Å². The first-order chi connectivity index (χ1) is 24.0. The molecule has 0 radical (unpaired) electrons. The predicted octanol–water partition coefficient (Wildman–Crippen LogP) is 5.67. The average molecular weight is 661 g/mol. The minimum atomic E-state index is -0.570. The number of hydrogen-bond acceptors (Lipinski definition) is 9. The zero-order valence-electron chi connectivity index (χ0n) is 27.7. The molecule has 3 unspecified atom stereocenters. The number of amides is 1. The topological polar surface area (TPSA) is 115 Å². The van der Waals surface area contributed by atoms with Crippen LogP contribution in [0.3, 0.4) is 0 Å². The van der Waals surface area contributed by atoms with Crippen LogP contribution in [0.1, 0.15) is 62.7 Å². The van der Waals surface area contributed by atoms with Gasteiger partial charge < -0.3 is 29.4 Å². The fraction of sp³-hybridized carbons (Fsp3) is 0.308. The number of fused-ring (bicyclic) bond motifs is 2. The molecule has 1 fully saturated rings. The van der Waals surface area contributed by atoms with Crippen LogP contribution >= 0.6 is 0 Å². The number of aromatic nitrogens is 2. The Labute approximate surface area is 285 Å². The molecule has 3 heterocycles. The summed E-state index contributed by atoms with van der Waals surface area (Å²) in [5, 5.41) is 12.5. The maximum atomic E-state index is 12.8. The van der Waals surface area contributed by atoms with Crippen LogP contribution in [0, 0.1) is 0 Å². The molecule has 1 saturated heterocycles. The molecule has 0 aliphatic carbocycles. The van der Waals surface area contributed by atoms with E-state index in [9.17, 15) is 9.90 Å². The van der Waals surface area contributed by atoms with E-state index in [4.69, 9.17) is 18.9 Å². The number of rotatable bonds is 10. The Kier molecular flexibility index (Phi) is 9.81. The molecule has 5 aromatic rings. The Morgan fingerprint density at radius 1 is 0.898 bits per heavy atom. The lowest BCUT2D eigenvalue weighted by Crippen LogP contribution is -2.41. The smallest absolute Gasteiger partial charge is 0.271 e. The van der Waals surface area contributed by atoms with Crippen LogP contribution < -0.4 is 14.8 Å². The SMILES string of the molecule is COc1cc2c(cc1OC)CN(CC1CC(c3ccc(CO)cc3)OC(c3ccc(CNC(=O)c4cnc5ccccc5n4)cc3)O1)CC2. The Hall–Kier alpha value is -4.87. The van der Waals surface area contributed by atoms with Crippen LogP contribution in [0.2, 0.25) is 0 Å². The molecular weight excluding hydrogens is 620 g/mol. The number of aliphatic hydroxyl groups is 1. The zero-order valence-corrected chi connectivity index (χ0v) is 27.7. The highest BCUT2D eigenvalue weighted by atomic mass is 16.7. The van der Waals surface area contributed by atoms with Gasteiger partial charge in [0.05, 0.1) is 50.3 Å². The van der Waals surface area contributed by atoms with E-state index in [1.807, 2.05) is 72.8 Å². The molecule has 7 rings (SSSR count). The molecule has 1 aromatic heterocycles. The van der Waals surface area contributed by atoms with Crippen molar-refractivity contribution in [1.82, 2.24) is 20.2 Å². The molecule has 1 amide bonds. The number of ether oxygens (including phenoxy) is 4. The first kappa shape index (κ1) is 32.7. The van der Waals surface area contributed by atoms with E-state index < -0.39 is 6.29 Å². The van der Waals surface area contributed by atoms with Gasteiger partial charge in [0.1, 0.15) is 5.69 Å². The van der Waals surface area contributed by atoms with Crippen LogP contribution in [-0.4, -0.2) is 59.3 Å². The van der Waals surface area contributed by atoms with Gasteiger partial charge >= 0.3 is 0 Å². The average Bonchev–Trinajstić information content (AvgIpc) is 3.16. The molecule has 3 atom stereocenters. The van der Waals surface area contributed by atoms with Crippen molar-refractivity contribution < 1.29 is 28.8 Å². The fourth-order valence-electron chi connectivity index (χ4n) is 6.55. The summed E-state index contributed by atoms with van der Waals surface area (Å²) in [5.74, 6) is 1.22. The number of aliphatic hydroxyl groups excluding tert-OH is 1. The fourth-order valence-corrected chi connectivity index (χ4v) is 6.55. The number of para-hydroxylation sites is 2. The first-order valence-electron chi connectivity index (χ1n) is 16.5. The van der Waals surface area contributed by atoms with Crippen molar-refractivity contribution >= 4 is 16.9 Å². The van der Waals surface area contributed by atoms with Crippen molar-refractivity contribution in [3.63, 3.8) is 0 Å². The molecule has 2 aliphatic rings. The number of methoxy groups -OCH3 is 2. The summed E-state index contributed by atoms with van der Waals surface area (Å²) < 4.78 is 24.3. The van der Waals surface area contributed by atoms with Gasteiger partial charge in [-0.05, 0) is 58.5 Å². The normalized spacial score (nSPS) is 19.3. The third-order valence-corrected chi connectivity index (χ3v) is 9.26. The van der Waals surface area contributed by atoms with Crippen LogP contribution in [-0.2, 0) is 35.6 Å². The summed E-state index contributed by atoms with van der Waals surface area (Å²) in [4.78, 5) is 24.1. The molecule has 2 aliphatic heterocycles. The highest BCUT2D eigenvalue weighted by Gasteiger charge is 2.34. The first-order valence-corrected chi connectivity index (χ1v) is 16.5. The Balaban J connectivity index is 1.04. The monoisotopic (exact) mass is 660 g/mol. The molecule has 0 spiro atoms. The van der Waals surface area contributed by atoms with Crippen molar-refractivity contribution in [3.8, 4) is 11.5 Å². The van der Waals surface area contributed by atoms with E-state index in [1.54, 1.807) is 14.2 Å². The highest BCUT2D eigenvalue weighted by molar-refractivity contribution is 5.93. The van der Waals surface area contributed by atoms with Gasteiger partial charge in [0.15, 0.2) is 17.8 Å². The minimum absolute atomic E-state index is 0.00425. The lowest BCUT2D eigenvalue weighted by atomic mass is 9.97. The zero-order chi connectivity index (χ0) is 33.7. The number of hydrogen-bond donors (Lipinski definition) is 2. The molecular formula is C39H40N4O6. The lowest BCUT2D eigenvalue weighted by molar-refractivity contribution is -0.253. The third-order valence-electron chi connectivity index (χ3n) is 9.26. The second kappa shape index (κ2) is 14.7. The van der Waals surface area contributed by atoms with E-state index in [0.717, 1.165) is 65.3 Å². The van der Waals surface area contributed by atoms with Gasteiger partial charge in [0.25, 0.3) is 5.91 Å². The van der Waals surface area contributed by atoms with Crippen LogP contribution in [0.4, 0.5) is 0 Å². The summed E-state index contributed by atoms with van der Waals surface area (Å²) in [7, 11) is 3.33. The van der Waals surface area contributed by atoms with E-state index in [0.29, 0.717) is 18.5 Å². The summed E-state index contributed by atoms with van der Waals surface area (Å²) in [6, 6.07) is 27.5. The van der Waals surface area contributed by atoms with Gasteiger partial charge in [-0.3, -0.25) is 14.7 Å². The van der Waals surface area contributed by atoms with Gasteiger partial charge in [-0.1, -0.05) is 60.7 Å². The standard InChI is InChI=1S/C39H40N4O6/c1-46-36-17-29-15-16-43(22-30(29)18-37(36)47-2)23-31-19-35(27-11-9-26(24-44)10-12-27)49-39(48-31)28-13-7-25(8-14-28)20-41-38(45)34-21-40-32-5-3-4-6-33(32)42-34/h3-14,17-18,21,31,35,39,44H,15-16,19-20,22-24H2,1-2H3,(H,41,45). The number of benzene rings is 4. The summed E-state index contributed by atoms with van der Waals surface area (Å²) >= 11 is 0. The second-order valence-electron chi connectivity index (χ2n) is 12.5. The van der Waals surface area contributed by atoms with E-state index in [-0.39, 0.29) is 30.4 Å². The van der Waals surface area contributed by atoms with E-state index in [1.165, 1.54) is 17.3 Å². The Morgan fingerprint density at radius 2 is 1.59 bits per heavy atom. The molecule has 252 valence electrons. The lowest BCUT2D eigenvalue weighted by Gasteiger charge is -2.39. The minimum Gasteiger partial charge on any atom is -0.493 e. The third kappa shape index (κ3) is 7.42. The van der Waals surface area contributed by atoms with Crippen molar-refractivity contribution in [3.05, 3.63) is 130 Å². The Morgan fingerprint density at radius 3 is 2.33 bits per heavy atom.